The van der Waals surface area contributed by atoms with Gasteiger partial charge in [0.05, 0.1) is 5.60 Å². The maximum Gasteiger partial charge on any atom is 0.141 e. The van der Waals surface area contributed by atoms with E-state index in [0.29, 0.717) is 13.1 Å². The van der Waals surface area contributed by atoms with E-state index in [1.54, 1.807) is 0 Å². The lowest BCUT2D eigenvalue weighted by Gasteiger charge is -2.29. The van der Waals surface area contributed by atoms with Gasteiger partial charge >= 0.3 is 0 Å². The van der Waals surface area contributed by atoms with Crippen molar-refractivity contribution in [1.82, 2.24) is 4.90 Å². The van der Waals surface area contributed by atoms with Gasteiger partial charge in [-0.1, -0.05) is 60.7 Å². The smallest absolute Gasteiger partial charge is 0.141 e. The Morgan fingerprint density at radius 1 is 1.05 bits per heavy atom. The van der Waals surface area contributed by atoms with Crippen molar-refractivity contribution in [2.45, 2.75) is 38.6 Å². The molecule has 2 aromatic carbocycles. The summed E-state index contributed by atoms with van der Waals surface area (Å²) in [6.45, 7) is -0.985. The lowest BCUT2D eigenvalue weighted by Crippen LogP contribution is -2.41. The zero-order chi connectivity index (χ0) is 18.5. The highest BCUT2D eigenvalue weighted by atomic mass is 19.1. The standard InChI is InChI=1S/C19H24FNO/c1-19(2,22)18(20)15-21(13-16-9-5-3-6-10-16)14-17-11-7-4-8-12-17/h3-12,18,22H,13-15H2,1-2H3/i1D3. The largest absolute Gasteiger partial charge is 0.387 e. The summed E-state index contributed by atoms with van der Waals surface area (Å²) in [6, 6.07) is 19.2. The number of rotatable bonds is 7. The highest BCUT2D eigenvalue weighted by Crippen LogP contribution is 2.17. The van der Waals surface area contributed by atoms with Crippen LogP contribution < -0.4 is 0 Å². The molecule has 0 aliphatic rings. The van der Waals surface area contributed by atoms with Crippen molar-refractivity contribution in [3.8, 4) is 0 Å². The Bertz CT molecular complexity index is 605. The second-order valence-corrected chi connectivity index (χ2v) is 5.76. The average molecular weight is 304 g/mol. The predicted octanol–water partition coefficient (Wildman–Crippen LogP) is 3.80. The number of hydrogen-bond acceptors (Lipinski definition) is 2. The van der Waals surface area contributed by atoms with Crippen LogP contribution in [0.2, 0.25) is 0 Å². The minimum absolute atomic E-state index is 0.171. The van der Waals surface area contributed by atoms with E-state index >= 15 is 0 Å². The van der Waals surface area contributed by atoms with E-state index in [9.17, 15) is 9.50 Å². The van der Waals surface area contributed by atoms with Crippen LogP contribution >= 0.6 is 0 Å². The van der Waals surface area contributed by atoms with Gasteiger partial charge in [0, 0.05) is 23.7 Å². The molecule has 0 aromatic heterocycles. The van der Waals surface area contributed by atoms with E-state index < -0.39 is 18.6 Å². The second kappa shape index (κ2) is 7.52. The molecular formula is C19H24FNO. The van der Waals surface area contributed by atoms with E-state index in [4.69, 9.17) is 4.11 Å². The van der Waals surface area contributed by atoms with Crippen LogP contribution in [0, 0.1) is 0 Å². The fourth-order valence-corrected chi connectivity index (χ4v) is 2.27. The topological polar surface area (TPSA) is 23.5 Å². The molecule has 3 heteroatoms. The highest BCUT2D eigenvalue weighted by molar-refractivity contribution is 5.17. The average Bonchev–Trinajstić information content (AvgIpc) is 2.55. The first-order valence-corrected chi connectivity index (χ1v) is 7.37. The van der Waals surface area contributed by atoms with Gasteiger partial charge in [0.1, 0.15) is 6.17 Å². The van der Waals surface area contributed by atoms with Crippen molar-refractivity contribution < 1.29 is 13.6 Å². The summed E-state index contributed by atoms with van der Waals surface area (Å²) in [5.74, 6) is 0. The van der Waals surface area contributed by atoms with Crippen molar-refractivity contribution in [2.75, 3.05) is 6.54 Å². The van der Waals surface area contributed by atoms with Crippen LogP contribution in [0.3, 0.4) is 0 Å². The summed E-state index contributed by atoms with van der Waals surface area (Å²) < 4.78 is 36.8. The SMILES string of the molecule is [2H]C([2H])([2H])C(C)(O)C(F)CN(Cc1ccccc1)Cc1ccccc1. The number of hydrogen-bond donors (Lipinski definition) is 1. The summed E-state index contributed by atoms with van der Waals surface area (Å²) in [4.78, 5) is 1.82. The van der Waals surface area contributed by atoms with Crippen LogP contribution in [0.5, 0.6) is 0 Å². The molecule has 0 amide bonds. The zero-order valence-electron chi connectivity index (χ0n) is 15.7. The Morgan fingerprint density at radius 2 is 1.50 bits per heavy atom. The lowest BCUT2D eigenvalue weighted by molar-refractivity contribution is -0.0207. The van der Waals surface area contributed by atoms with E-state index in [2.05, 4.69) is 0 Å². The summed E-state index contributed by atoms with van der Waals surface area (Å²) >= 11 is 0. The van der Waals surface area contributed by atoms with Gasteiger partial charge in [-0.15, -0.1) is 0 Å². The van der Waals surface area contributed by atoms with Gasteiger partial charge in [0.2, 0.25) is 0 Å². The highest BCUT2D eigenvalue weighted by Gasteiger charge is 2.28. The molecule has 2 aromatic rings. The number of aliphatic hydroxyl groups is 1. The normalized spacial score (nSPS) is 18.1. The Kier molecular flexibility index (Phi) is 4.38. The molecule has 1 N–H and O–H groups in total. The molecule has 0 fully saturated rings. The van der Waals surface area contributed by atoms with Crippen LogP contribution in [0.4, 0.5) is 4.39 Å². The molecule has 0 spiro atoms. The third-order valence-electron chi connectivity index (χ3n) is 3.53. The quantitative estimate of drug-likeness (QED) is 0.841. The molecule has 22 heavy (non-hydrogen) atoms. The molecule has 0 radical (unpaired) electrons. The number of alkyl halides is 1. The fourth-order valence-electron chi connectivity index (χ4n) is 2.27. The molecule has 2 nitrogen and oxygen atoms in total. The van der Waals surface area contributed by atoms with Crippen molar-refractivity contribution >= 4 is 0 Å². The number of nitrogens with zero attached hydrogens (tertiary/aromatic N) is 1. The molecule has 0 aliphatic carbocycles. The number of halogens is 1. The molecule has 2 atom stereocenters. The van der Waals surface area contributed by atoms with Crippen molar-refractivity contribution in [3.05, 3.63) is 71.8 Å². The van der Waals surface area contributed by atoms with E-state index in [1.165, 1.54) is 0 Å². The van der Waals surface area contributed by atoms with Crippen LogP contribution in [-0.4, -0.2) is 28.3 Å². The van der Waals surface area contributed by atoms with Crippen LogP contribution in [-0.2, 0) is 13.1 Å². The molecule has 0 aliphatic heterocycles. The second-order valence-electron chi connectivity index (χ2n) is 5.76. The first-order chi connectivity index (χ1) is 11.7. The molecule has 0 bridgehead atoms. The maximum absolute atomic E-state index is 14.7. The van der Waals surface area contributed by atoms with Gasteiger partial charge in [0.15, 0.2) is 0 Å². The van der Waals surface area contributed by atoms with Gasteiger partial charge in [-0.2, -0.15) is 0 Å². The maximum atomic E-state index is 14.7. The van der Waals surface area contributed by atoms with Gasteiger partial charge in [0.25, 0.3) is 0 Å². The zero-order valence-corrected chi connectivity index (χ0v) is 12.7. The molecule has 118 valence electrons. The van der Waals surface area contributed by atoms with E-state index in [-0.39, 0.29) is 6.54 Å². The first-order valence-electron chi connectivity index (χ1n) is 8.87. The third kappa shape index (κ3) is 5.24. The molecular weight excluding hydrogens is 277 g/mol. The summed E-state index contributed by atoms with van der Waals surface area (Å²) in [7, 11) is 0. The molecule has 0 heterocycles. The number of benzene rings is 2. The molecule has 2 rings (SSSR count). The minimum atomic E-state index is -2.78. The van der Waals surface area contributed by atoms with Gasteiger partial charge < -0.3 is 5.11 Å². The van der Waals surface area contributed by atoms with Crippen LogP contribution in [0.25, 0.3) is 0 Å². The third-order valence-corrected chi connectivity index (χ3v) is 3.53. The molecule has 0 saturated carbocycles. The summed E-state index contributed by atoms with van der Waals surface area (Å²) in [6.07, 6.45) is -1.90. The van der Waals surface area contributed by atoms with Crippen molar-refractivity contribution in [2.24, 2.45) is 0 Å². The monoisotopic (exact) mass is 304 g/mol. The Hall–Kier alpha value is -1.71. The Balaban J connectivity index is 2.16. The van der Waals surface area contributed by atoms with Gasteiger partial charge in [-0.25, -0.2) is 4.39 Å². The fraction of sp³-hybridized carbons (Fsp3) is 0.368. The van der Waals surface area contributed by atoms with E-state index in [1.807, 2.05) is 65.6 Å². The minimum Gasteiger partial charge on any atom is -0.387 e. The molecule has 2 unspecified atom stereocenters. The predicted molar refractivity (Wildman–Crippen MR) is 88.2 cm³/mol. The Morgan fingerprint density at radius 3 is 1.91 bits per heavy atom. The molecule has 0 saturated heterocycles. The van der Waals surface area contributed by atoms with Crippen molar-refractivity contribution in [3.63, 3.8) is 0 Å². The van der Waals surface area contributed by atoms with Gasteiger partial charge in [-0.05, 0) is 24.9 Å². The summed E-state index contributed by atoms with van der Waals surface area (Å²) in [5, 5.41) is 10.1. The lowest BCUT2D eigenvalue weighted by atomic mass is 10.0. The van der Waals surface area contributed by atoms with Crippen LogP contribution in [0.15, 0.2) is 60.7 Å². The Labute approximate surface area is 136 Å². The van der Waals surface area contributed by atoms with Crippen LogP contribution in [0.1, 0.15) is 29.0 Å². The van der Waals surface area contributed by atoms with Gasteiger partial charge in [-0.3, -0.25) is 4.90 Å². The first kappa shape index (κ1) is 12.8. The van der Waals surface area contributed by atoms with E-state index in [0.717, 1.165) is 18.1 Å². The summed E-state index contributed by atoms with van der Waals surface area (Å²) in [5.41, 5.74) is -0.392. The van der Waals surface area contributed by atoms with Crippen molar-refractivity contribution in [1.29, 1.82) is 0 Å².